The van der Waals surface area contributed by atoms with Gasteiger partial charge in [-0.25, -0.2) is 0 Å². The third-order valence-electron chi connectivity index (χ3n) is 3.88. The van der Waals surface area contributed by atoms with Crippen molar-refractivity contribution in [2.24, 2.45) is 0 Å². The molecule has 0 N–H and O–H groups in total. The van der Waals surface area contributed by atoms with E-state index in [9.17, 15) is 5.26 Å². The SMILES string of the molecule is CC(C#N)(CCc1ccccc1Cl)N1CCCC1. The number of halogens is 1. The van der Waals surface area contributed by atoms with Crippen LogP contribution < -0.4 is 0 Å². The summed E-state index contributed by atoms with van der Waals surface area (Å²) < 4.78 is 0. The molecule has 0 aromatic heterocycles. The molecule has 1 fully saturated rings. The molecule has 1 aliphatic rings. The van der Waals surface area contributed by atoms with E-state index in [0.717, 1.165) is 36.5 Å². The highest BCUT2D eigenvalue weighted by Gasteiger charge is 2.33. The fraction of sp³-hybridized carbons (Fsp3) is 0.533. The number of benzene rings is 1. The maximum absolute atomic E-state index is 9.47. The molecule has 0 saturated carbocycles. The molecule has 3 heteroatoms. The zero-order chi connectivity index (χ0) is 13.0. The molecule has 0 aliphatic carbocycles. The molecule has 1 aromatic carbocycles. The van der Waals surface area contributed by atoms with Crippen molar-refractivity contribution >= 4 is 11.6 Å². The van der Waals surface area contributed by atoms with E-state index in [1.807, 2.05) is 24.3 Å². The number of hydrogen-bond acceptors (Lipinski definition) is 2. The van der Waals surface area contributed by atoms with Gasteiger partial charge in [-0.15, -0.1) is 0 Å². The van der Waals surface area contributed by atoms with Crippen LogP contribution in [0.3, 0.4) is 0 Å². The van der Waals surface area contributed by atoms with Crippen molar-refractivity contribution in [3.8, 4) is 6.07 Å². The van der Waals surface area contributed by atoms with Gasteiger partial charge in [0.05, 0.1) is 6.07 Å². The van der Waals surface area contributed by atoms with Crippen LogP contribution in [0.15, 0.2) is 24.3 Å². The summed E-state index contributed by atoms with van der Waals surface area (Å²) >= 11 is 6.16. The van der Waals surface area contributed by atoms with E-state index >= 15 is 0 Å². The minimum absolute atomic E-state index is 0.352. The van der Waals surface area contributed by atoms with Crippen LogP contribution in [0, 0.1) is 11.3 Å². The molecule has 2 rings (SSSR count). The predicted molar refractivity (Wildman–Crippen MR) is 74.6 cm³/mol. The molecule has 1 saturated heterocycles. The molecule has 1 aromatic rings. The molecule has 1 heterocycles. The molecule has 18 heavy (non-hydrogen) atoms. The zero-order valence-corrected chi connectivity index (χ0v) is 11.6. The summed E-state index contributed by atoms with van der Waals surface area (Å²) in [6.07, 6.45) is 4.13. The van der Waals surface area contributed by atoms with Gasteiger partial charge in [-0.3, -0.25) is 4.90 Å². The topological polar surface area (TPSA) is 27.0 Å². The monoisotopic (exact) mass is 262 g/mol. The summed E-state index contributed by atoms with van der Waals surface area (Å²) in [5.41, 5.74) is 0.787. The largest absolute Gasteiger partial charge is 0.286 e. The fourth-order valence-corrected chi connectivity index (χ4v) is 2.80. The highest BCUT2D eigenvalue weighted by molar-refractivity contribution is 6.31. The minimum Gasteiger partial charge on any atom is -0.286 e. The summed E-state index contributed by atoms with van der Waals surface area (Å²) in [6, 6.07) is 10.4. The Balaban J connectivity index is 2.03. The van der Waals surface area contributed by atoms with Gasteiger partial charge in [-0.05, 0) is 57.3 Å². The first kappa shape index (κ1) is 13.4. The van der Waals surface area contributed by atoms with E-state index in [0.29, 0.717) is 0 Å². The van der Waals surface area contributed by atoms with E-state index in [-0.39, 0.29) is 5.54 Å². The Morgan fingerprint density at radius 3 is 2.61 bits per heavy atom. The first-order valence-electron chi connectivity index (χ1n) is 6.55. The van der Waals surface area contributed by atoms with E-state index in [4.69, 9.17) is 11.6 Å². The molecule has 0 amide bonds. The molecule has 1 atom stereocenters. The summed E-state index contributed by atoms with van der Waals surface area (Å²) in [6.45, 7) is 4.15. The molecule has 1 aliphatic heterocycles. The smallest absolute Gasteiger partial charge is 0.106 e. The summed E-state index contributed by atoms with van der Waals surface area (Å²) in [7, 11) is 0. The van der Waals surface area contributed by atoms with Crippen LogP contribution in [-0.2, 0) is 6.42 Å². The number of nitriles is 1. The van der Waals surface area contributed by atoms with E-state index < -0.39 is 0 Å². The van der Waals surface area contributed by atoms with Crippen LogP contribution >= 0.6 is 11.6 Å². The highest BCUT2D eigenvalue weighted by atomic mass is 35.5. The Kier molecular flexibility index (Phi) is 4.27. The van der Waals surface area contributed by atoms with Crippen molar-refractivity contribution in [3.63, 3.8) is 0 Å². The second-order valence-electron chi connectivity index (χ2n) is 5.17. The van der Waals surface area contributed by atoms with E-state index in [1.165, 1.54) is 12.8 Å². The van der Waals surface area contributed by atoms with E-state index in [2.05, 4.69) is 17.9 Å². The number of aryl methyl sites for hydroxylation is 1. The fourth-order valence-electron chi connectivity index (χ4n) is 2.57. The van der Waals surface area contributed by atoms with Crippen LogP contribution in [0.4, 0.5) is 0 Å². The molecule has 1 unspecified atom stereocenters. The highest BCUT2D eigenvalue weighted by Crippen LogP contribution is 2.27. The maximum atomic E-state index is 9.47. The van der Waals surface area contributed by atoms with Gasteiger partial charge in [-0.2, -0.15) is 5.26 Å². The zero-order valence-electron chi connectivity index (χ0n) is 10.8. The van der Waals surface area contributed by atoms with Gasteiger partial charge >= 0.3 is 0 Å². The number of likely N-dealkylation sites (tertiary alicyclic amines) is 1. The van der Waals surface area contributed by atoms with Crippen LogP contribution in [0.2, 0.25) is 5.02 Å². The Labute approximate surface area is 114 Å². The quantitative estimate of drug-likeness (QED) is 0.828. The minimum atomic E-state index is -0.352. The molecule has 96 valence electrons. The summed E-state index contributed by atoms with van der Waals surface area (Å²) in [5.74, 6) is 0. The lowest BCUT2D eigenvalue weighted by Gasteiger charge is -2.32. The van der Waals surface area contributed by atoms with Crippen molar-refractivity contribution in [2.75, 3.05) is 13.1 Å². The van der Waals surface area contributed by atoms with Gasteiger partial charge in [0.25, 0.3) is 0 Å². The third kappa shape index (κ3) is 2.85. The molecule has 0 spiro atoms. The second kappa shape index (κ2) is 5.73. The van der Waals surface area contributed by atoms with Gasteiger partial charge in [0, 0.05) is 5.02 Å². The number of nitrogens with zero attached hydrogens (tertiary/aromatic N) is 2. The number of hydrogen-bond donors (Lipinski definition) is 0. The molecular formula is C15H19ClN2. The van der Waals surface area contributed by atoms with Crippen LogP contribution in [-0.4, -0.2) is 23.5 Å². The van der Waals surface area contributed by atoms with Crippen molar-refractivity contribution in [3.05, 3.63) is 34.9 Å². The van der Waals surface area contributed by atoms with Crippen molar-refractivity contribution in [1.82, 2.24) is 4.90 Å². The van der Waals surface area contributed by atoms with Crippen LogP contribution in [0.5, 0.6) is 0 Å². The van der Waals surface area contributed by atoms with Crippen molar-refractivity contribution in [2.45, 2.75) is 38.1 Å². The summed E-state index contributed by atoms with van der Waals surface area (Å²) in [4.78, 5) is 2.31. The lowest BCUT2D eigenvalue weighted by molar-refractivity contribution is 0.181. The van der Waals surface area contributed by atoms with Gasteiger partial charge in [-0.1, -0.05) is 29.8 Å². The third-order valence-corrected chi connectivity index (χ3v) is 4.25. The second-order valence-corrected chi connectivity index (χ2v) is 5.58. The number of rotatable bonds is 4. The molecular weight excluding hydrogens is 244 g/mol. The van der Waals surface area contributed by atoms with Crippen molar-refractivity contribution in [1.29, 1.82) is 5.26 Å². The Bertz CT molecular complexity index is 446. The molecule has 2 nitrogen and oxygen atoms in total. The lowest BCUT2D eigenvalue weighted by Crippen LogP contribution is -2.43. The Morgan fingerprint density at radius 2 is 2.00 bits per heavy atom. The predicted octanol–water partition coefficient (Wildman–Crippen LogP) is 3.65. The first-order chi connectivity index (χ1) is 8.65. The van der Waals surface area contributed by atoms with Gasteiger partial charge in [0.1, 0.15) is 5.54 Å². The molecule has 0 radical (unpaired) electrons. The average Bonchev–Trinajstić information content (AvgIpc) is 2.92. The Morgan fingerprint density at radius 1 is 1.33 bits per heavy atom. The summed E-state index contributed by atoms with van der Waals surface area (Å²) in [5, 5.41) is 10.3. The van der Waals surface area contributed by atoms with E-state index in [1.54, 1.807) is 0 Å². The molecule has 0 bridgehead atoms. The van der Waals surface area contributed by atoms with Gasteiger partial charge < -0.3 is 0 Å². The van der Waals surface area contributed by atoms with Crippen LogP contribution in [0.1, 0.15) is 31.7 Å². The first-order valence-corrected chi connectivity index (χ1v) is 6.93. The average molecular weight is 263 g/mol. The Hall–Kier alpha value is -1.04. The van der Waals surface area contributed by atoms with Crippen molar-refractivity contribution < 1.29 is 0 Å². The normalized spacial score (nSPS) is 19.4. The van der Waals surface area contributed by atoms with Gasteiger partial charge in [0.2, 0.25) is 0 Å². The maximum Gasteiger partial charge on any atom is 0.106 e. The van der Waals surface area contributed by atoms with Gasteiger partial charge in [0.15, 0.2) is 0 Å². The standard InChI is InChI=1S/C15H19ClN2/c1-15(12-17,18-10-4-5-11-18)9-8-13-6-2-3-7-14(13)16/h2-3,6-7H,4-5,8-11H2,1H3. The lowest BCUT2D eigenvalue weighted by atomic mass is 9.93. The van der Waals surface area contributed by atoms with Crippen LogP contribution in [0.25, 0.3) is 0 Å².